The molecular formula is C15H22N2O. The van der Waals surface area contributed by atoms with E-state index in [9.17, 15) is 4.79 Å². The van der Waals surface area contributed by atoms with Crippen molar-refractivity contribution in [1.29, 1.82) is 0 Å². The largest absolute Gasteiger partial charge is 0.341 e. The first-order chi connectivity index (χ1) is 8.66. The second-order valence-electron chi connectivity index (χ2n) is 5.25. The summed E-state index contributed by atoms with van der Waals surface area (Å²) in [7, 11) is 0. The van der Waals surface area contributed by atoms with E-state index in [1.165, 1.54) is 5.56 Å². The van der Waals surface area contributed by atoms with Crippen LogP contribution in [0.2, 0.25) is 0 Å². The van der Waals surface area contributed by atoms with E-state index in [4.69, 9.17) is 5.73 Å². The van der Waals surface area contributed by atoms with Gasteiger partial charge in [0.2, 0.25) is 5.91 Å². The number of hydrogen-bond acceptors (Lipinski definition) is 2. The van der Waals surface area contributed by atoms with Crippen molar-refractivity contribution in [3.63, 3.8) is 0 Å². The van der Waals surface area contributed by atoms with E-state index >= 15 is 0 Å². The molecular weight excluding hydrogens is 224 g/mol. The van der Waals surface area contributed by atoms with E-state index in [1.807, 2.05) is 11.0 Å². The van der Waals surface area contributed by atoms with E-state index in [1.54, 1.807) is 6.92 Å². The van der Waals surface area contributed by atoms with Crippen molar-refractivity contribution >= 4 is 5.91 Å². The summed E-state index contributed by atoms with van der Waals surface area (Å²) in [5, 5.41) is 0. The Labute approximate surface area is 109 Å². The van der Waals surface area contributed by atoms with Gasteiger partial charge in [-0.05, 0) is 37.7 Å². The van der Waals surface area contributed by atoms with Crippen LogP contribution in [0.4, 0.5) is 0 Å². The summed E-state index contributed by atoms with van der Waals surface area (Å²) in [6.45, 7) is 3.48. The molecule has 3 nitrogen and oxygen atoms in total. The van der Waals surface area contributed by atoms with E-state index < -0.39 is 0 Å². The Morgan fingerprint density at radius 2 is 1.94 bits per heavy atom. The molecule has 0 aromatic heterocycles. The highest BCUT2D eigenvalue weighted by atomic mass is 16.2. The van der Waals surface area contributed by atoms with Crippen molar-refractivity contribution in [2.45, 2.75) is 32.2 Å². The normalized spacial score (nSPS) is 18.7. The highest BCUT2D eigenvalue weighted by Crippen LogP contribution is 2.21. The zero-order chi connectivity index (χ0) is 13.0. The third-order valence-corrected chi connectivity index (χ3v) is 3.68. The van der Waals surface area contributed by atoms with Crippen LogP contribution in [0, 0.1) is 5.92 Å². The molecule has 3 heteroatoms. The molecule has 1 saturated heterocycles. The fourth-order valence-electron chi connectivity index (χ4n) is 2.59. The third kappa shape index (κ3) is 3.33. The molecule has 0 spiro atoms. The number of likely N-dealkylation sites (tertiary alicyclic amines) is 1. The average Bonchev–Trinajstić information content (AvgIpc) is 2.40. The van der Waals surface area contributed by atoms with Crippen LogP contribution in [-0.4, -0.2) is 29.9 Å². The van der Waals surface area contributed by atoms with Crippen LogP contribution >= 0.6 is 0 Å². The highest BCUT2D eigenvalue weighted by molar-refractivity contribution is 5.81. The lowest BCUT2D eigenvalue weighted by Crippen LogP contribution is -2.46. The Morgan fingerprint density at radius 1 is 1.33 bits per heavy atom. The first-order valence-electron chi connectivity index (χ1n) is 6.75. The Balaban J connectivity index is 1.82. The molecule has 1 heterocycles. The maximum absolute atomic E-state index is 11.8. The molecule has 1 atom stereocenters. The fourth-order valence-corrected chi connectivity index (χ4v) is 2.59. The van der Waals surface area contributed by atoms with E-state index in [0.717, 1.165) is 32.4 Å². The van der Waals surface area contributed by atoms with Gasteiger partial charge in [0.25, 0.3) is 0 Å². The predicted octanol–water partition coefficient (Wildman–Crippen LogP) is 1.81. The standard InChI is InChI=1S/C15H22N2O/c1-12(16)15(18)17-9-7-14(8-10-17)11-13-5-3-2-4-6-13/h2-6,12,14H,7-11,16H2,1H3. The van der Waals surface area contributed by atoms with Crippen LogP contribution < -0.4 is 5.73 Å². The van der Waals surface area contributed by atoms with Crippen molar-refractivity contribution in [2.24, 2.45) is 11.7 Å². The number of carbonyl (C=O) groups excluding carboxylic acids is 1. The molecule has 0 radical (unpaired) electrons. The van der Waals surface area contributed by atoms with Gasteiger partial charge in [0.15, 0.2) is 0 Å². The first-order valence-corrected chi connectivity index (χ1v) is 6.75. The zero-order valence-electron chi connectivity index (χ0n) is 11.0. The van der Waals surface area contributed by atoms with Gasteiger partial charge in [0.05, 0.1) is 6.04 Å². The molecule has 1 amide bonds. The van der Waals surface area contributed by atoms with Gasteiger partial charge in [-0.3, -0.25) is 4.79 Å². The minimum Gasteiger partial charge on any atom is -0.341 e. The molecule has 1 unspecified atom stereocenters. The number of nitrogens with two attached hydrogens (primary N) is 1. The van der Waals surface area contributed by atoms with Gasteiger partial charge in [0.1, 0.15) is 0 Å². The molecule has 98 valence electrons. The van der Waals surface area contributed by atoms with E-state index in [0.29, 0.717) is 5.92 Å². The van der Waals surface area contributed by atoms with Crippen LogP contribution in [0.1, 0.15) is 25.3 Å². The molecule has 0 bridgehead atoms. The summed E-state index contributed by atoms with van der Waals surface area (Å²) in [5.74, 6) is 0.790. The number of benzene rings is 1. The summed E-state index contributed by atoms with van der Waals surface area (Å²) in [5.41, 5.74) is 7.03. The second kappa shape index (κ2) is 6.01. The SMILES string of the molecule is CC(N)C(=O)N1CCC(Cc2ccccc2)CC1. The number of piperidine rings is 1. The number of carbonyl (C=O) groups is 1. The molecule has 18 heavy (non-hydrogen) atoms. The van der Waals surface area contributed by atoms with E-state index in [2.05, 4.69) is 24.3 Å². The van der Waals surface area contributed by atoms with Crippen molar-refractivity contribution in [1.82, 2.24) is 4.90 Å². The number of nitrogens with zero attached hydrogens (tertiary/aromatic N) is 1. The number of amides is 1. The minimum atomic E-state index is -0.365. The number of hydrogen-bond donors (Lipinski definition) is 1. The van der Waals surface area contributed by atoms with Crippen molar-refractivity contribution < 1.29 is 4.79 Å². The maximum Gasteiger partial charge on any atom is 0.239 e. The number of rotatable bonds is 3. The van der Waals surface area contributed by atoms with Crippen LogP contribution in [0.15, 0.2) is 30.3 Å². The van der Waals surface area contributed by atoms with Crippen molar-refractivity contribution in [3.05, 3.63) is 35.9 Å². The molecule has 1 aliphatic heterocycles. The summed E-state index contributed by atoms with van der Waals surface area (Å²) >= 11 is 0. The van der Waals surface area contributed by atoms with Gasteiger partial charge in [-0.2, -0.15) is 0 Å². The first kappa shape index (κ1) is 13.1. The van der Waals surface area contributed by atoms with Gasteiger partial charge in [0, 0.05) is 13.1 Å². The molecule has 1 aliphatic rings. The molecule has 0 saturated carbocycles. The van der Waals surface area contributed by atoms with Gasteiger partial charge in [-0.15, -0.1) is 0 Å². The summed E-state index contributed by atoms with van der Waals surface area (Å²) < 4.78 is 0. The lowest BCUT2D eigenvalue weighted by molar-refractivity contribution is -0.133. The molecule has 2 N–H and O–H groups in total. The maximum atomic E-state index is 11.8. The van der Waals surface area contributed by atoms with Crippen molar-refractivity contribution in [2.75, 3.05) is 13.1 Å². The highest BCUT2D eigenvalue weighted by Gasteiger charge is 2.24. The Bertz CT molecular complexity index is 381. The van der Waals surface area contributed by atoms with Crippen LogP contribution in [0.25, 0.3) is 0 Å². The Hall–Kier alpha value is -1.35. The molecule has 0 aliphatic carbocycles. The average molecular weight is 246 g/mol. The third-order valence-electron chi connectivity index (χ3n) is 3.68. The molecule has 1 fully saturated rings. The van der Waals surface area contributed by atoms with Crippen molar-refractivity contribution in [3.8, 4) is 0 Å². The van der Waals surface area contributed by atoms with E-state index in [-0.39, 0.29) is 11.9 Å². The van der Waals surface area contributed by atoms with Crippen LogP contribution in [0.3, 0.4) is 0 Å². The predicted molar refractivity (Wildman–Crippen MR) is 73.1 cm³/mol. The zero-order valence-corrected chi connectivity index (χ0v) is 11.0. The Morgan fingerprint density at radius 3 is 2.50 bits per heavy atom. The molecule has 1 aromatic rings. The quantitative estimate of drug-likeness (QED) is 0.884. The lowest BCUT2D eigenvalue weighted by Gasteiger charge is -2.33. The van der Waals surface area contributed by atoms with Gasteiger partial charge >= 0.3 is 0 Å². The van der Waals surface area contributed by atoms with Crippen LogP contribution in [-0.2, 0) is 11.2 Å². The monoisotopic (exact) mass is 246 g/mol. The minimum absolute atomic E-state index is 0.0909. The Kier molecular flexibility index (Phi) is 4.37. The van der Waals surface area contributed by atoms with Gasteiger partial charge in [-0.1, -0.05) is 30.3 Å². The topological polar surface area (TPSA) is 46.3 Å². The fraction of sp³-hybridized carbons (Fsp3) is 0.533. The smallest absolute Gasteiger partial charge is 0.239 e. The summed E-state index contributed by atoms with van der Waals surface area (Å²) in [4.78, 5) is 13.7. The second-order valence-corrected chi connectivity index (χ2v) is 5.25. The lowest BCUT2D eigenvalue weighted by atomic mass is 9.90. The molecule has 1 aromatic carbocycles. The van der Waals surface area contributed by atoms with Gasteiger partial charge < -0.3 is 10.6 Å². The van der Waals surface area contributed by atoms with Gasteiger partial charge in [-0.25, -0.2) is 0 Å². The molecule has 2 rings (SSSR count). The summed E-state index contributed by atoms with van der Waals surface area (Å²) in [6.07, 6.45) is 3.31. The summed E-state index contributed by atoms with van der Waals surface area (Å²) in [6, 6.07) is 10.2. The van der Waals surface area contributed by atoms with Crippen LogP contribution in [0.5, 0.6) is 0 Å².